The predicted molar refractivity (Wildman–Crippen MR) is 201 cm³/mol. The largest absolute Gasteiger partial charge is 0.355 e. The van der Waals surface area contributed by atoms with Gasteiger partial charge in [0.15, 0.2) is 11.6 Å². The van der Waals surface area contributed by atoms with Crippen molar-refractivity contribution in [3.05, 3.63) is 145 Å². The van der Waals surface area contributed by atoms with Crippen molar-refractivity contribution in [1.29, 1.82) is 5.26 Å². The lowest BCUT2D eigenvalue weighted by Crippen LogP contribution is -2.46. The lowest BCUT2D eigenvalue weighted by atomic mass is 9.95. The predicted octanol–water partition coefficient (Wildman–Crippen LogP) is 5.81. The Kier molecular flexibility index (Phi) is 8.16. The summed E-state index contributed by atoms with van der Waals surface area (Å²) in [6.45, 7) is 5.44. The van der Waals surface area contributed by atoms with Crippen molar-refractivity contribution in [1.82, 2.24) is 49.5 Å². The molecule has 0 spiro atoms. The third kappa shape index (κ3) is 6.27. The van der Waals surface area contributed by atoms with Crippen LogP contribution in [0.15, 0.2) is 122 Å². The zero-order chi connectivity index (χ0) is 35.7. The summed E-state index contributed by atoms with van der Waals surface area (Å²) in [6, 6.07) is 26.8. The van der Waals surface area contributed by atoms with E-state index in [1.807, 2.05) is 54.3 Å². The van der Waals surface area contributed by atoms with E-state index >= 15 is 0 Å². The van der Waals surface area contributed by atoms with Gasteiger partial charge in [-0.2, -0.15) is 15.5 Å². The van der Waals surface area contributed by atoms with Crippen molar-refractivity contribution in [2.75, 3.05) is 36.0 Å². The molecule has 0 bridgehead atoms. The number of hydrogen-bond acceptors (Lipinski definition) is 11. The molecular weight excluding hydrogens is 663 g/mol. The van der Waals surface area contributed by atoms with Crippen molar-refractivity contribution in [3.8, 4) is 17.7 Å². The maximum atomic E-state index is 9.02. The standard InChI is InChI=1S/C20H15N7.C20H18N6/c21-9-14-10-24-27(11-14)20-19(22-7-8-23-20)16-12-26(13-16)18-6-5-15-3-1-2-4-17(15)25-18;1-14-10-23-26(11-14)20-19(21-8-9-22-20)16-12-25(13-16)18-7-6-15-4-2-3-5-17(15)24-18/h1-8,10-11,16H,12-13H2;2-11,16H,12-13H2,1H3. The topological polar surface area (TPSA) is 143 Å². The molecule has 0 amide bonds. The zero-order valence-electron chi connectivity index (χ0n) is 28.8. The molecule has 8 aromatic rings. The van der Waals surface area contributed by atoms with Crippen LogP contribution in [0.3, 0.4) is 0 Å². The van der Waals surface area contributed by atoms with Crippen LogP contribution in [0, 0.1) is 18.3 Å². The van der Waals surface area contributed by atoms with Crippen molar-refractivity contribution in [3.63, 3.8) is 0 Å². The van der Waals surface area contributed by atoms with Crippen LogP contribution in [0.25, 0.3) is 33.4 Å². The molecular formula is C40H33N13. The summed E-state index contributed by atoms with van der Waals surface area (Å²) >= 11 is 0. The fraction of sp³-hybridized carbons (Fsp3) is 0.175. The number of anilines is 2. The normalized spacial score (nSPS) is 14.3. The molecule has 2 aliphatic heterocycles. The number of para-hydroxylation sites is 2. The minimum absolute atomic E-state index is 0.247. The van der Waals surface area contributed by atoms with Gasteiger partial charge in [-0.25, -0.2) is 29.3 Å². The SMILES string of the molecule is Cc1cnn(-c2nccnc2C2CN(c3ccc4ccccc4n3)C2)c1.N#Cc1cnn(-c2nccnc2C2CN(c3ccc4ccccc4n3)C2)c1. The second kappa shape index (κ2) is 13.6. The Morgan fingerprint density at radius 2 is 1.08 bits per heavy atom. The van der Waals surface area contributed by atoms with Gasteiger partial charge >= 0.3 is 0 Å². The zero-order valence-corrected chi connectivity index (χ0v) is 28.8. The molecule has 8 heterocycles. The van der Waals surface area contributed by atoms with Gasteiger partial charge in [0.25, 0.3) is 0 Å². The molecule has 0 aliphatic carbocycles. The molecule has 2 aliphatic rings. The van der Waals surface area contributed by atoms with Crippen LogP contribution >= 0.6 is 0 Å². The molecule has 258 valence electrons. The Hall–Kier alpha value is -7.07. The summed E-state index contributed by atoms with van der Waals surface area (Å²) < 4.78 is 3.44. The number of benzene rings is 2. The molecule has 53 heavy (non-hydrogen) atoms. The van der Waals surface area contributed by atoms with E-state index in [1.165, 1.54) is 11.6 Å². The summed E-state index contributed by atoms with van der Waals surface area (Å²) in [7, 11) is 0. The lowest BCUT2D eigenvalue weighted by Gasteiger charge is -2.40. The van der Waals surface area contributed by atoms with Gasteiger partial charge in [-0.1, -0.05) is 36.4 Å². The van der Waals surface area contributed by atoms with Gasteiger partial charge in [-0.05, 0) is 48.9 Å². The average molecular weight is 696 g/mol. The summed E-state index contributed by atoms with van der Waals surface area (Å²) in [6.07, 6.45) is 13.8. The van der Waals surface area contributed by atoms with Gasteiger partial charge in [0.05, 0.1) is 46.6 Å². The van der Waals surface area contributed by atoms with Crippen LogP contribution in [0.5, 0.6) is 0 Å². The first kappa shape index (κ1) is 31.9. The average Bonchev–Trinajstić information content (AvgIpc) is 3.84. The molecule has 0 radical (unpaired) electrons. The molecule has 13 nitrogen and oxygen atoms in total. The van der Waals surface area contributed by atoms with Crippen LogP contribution in [0.2, 0.25) is 0 Å². The highest BCUT2D eigenvalue weighted by Gasteiger charge is 2.34. The first-order valence-corrected chi connectivity index (χ1v) is 17.4. The van der Waals surface area contributed by atoms with Crippen LogP contribution < -0.4 is 9.80 Å². The Morgan fingerprint density at radius 1 is 0.585 bits per heavy atom. The maximum absolute atomic E-state index is 9.02. The van der Waals surface area contributed by atoms with Gasteiger partial charge < -0.3 is 9.80 Å². The number of nitriles is 1. The van der Waals surface area contributed by atoms with Gasteiger partial charge in [-0.15, -0.1) is 0 Å². The molecule has 0 saturated carbocycles. The van der Waals surface area contributed by atoms with E-state index in [9.17, 15) is 0 Å². The molecule has 0 atom stereocenters. The van der Waals surface area contributed by atoms with E-state index in [4.69, 9.17) is 15.2 Å². The van der Waals surface area contributed by atoms with Crippen molar-refractivity contribution in [2.45, 2.75) is 18.8 Å². The lowest BCUT2D eigenvalue weighted by molar-refractivity contribution is 0.504. The van der Waals surface area contributed by atoms with E-state index in [0.717, 1.165) is 77.0 Å². The van der Waals surface area contributed by atoms with Crippen LogP contribution in [0.4, 0.5) is 11.6 Å². The van der Waals surface area contributed by atoms with E-state index in [2.05, 4.69) is 88.5 Å². The number of nitrogens with zero attached hydrogens (tertiary/aromatic N) is 13. The quantitative estimate of drug-likeness (QED) is 0.208. The summed E-state index contributed by atoms with van der Waals surface area (Å²) in [4.78, 5) is 32.1. The minimum atomic E-state index is 0.247. The van der Waals surface area contributed by atoms with Crippen LogP contribution in [-0.4, -0.2) is 75.6 Å². The fourth-order valence-electron chi connectivity index (χ4n) is 6.78. The van der Waals surface area contributed by atoms with Gasteiger partial charge in [0.2, 0.25) is 0 Å². The monoisotopic (exact) mass is 695 g/mol. The van der Waals surface area contributed by atoms with E-state index in [-0.39, 0.29) is 5.92 Å². The van der Waals surface area contributed by atoms with Gasteiger partial charge in [-0.3, -0.25) is 9.97 Å². The molecule has 0 N–H and O–H groups in total. The second-order valence-corrected chi connectivity index (χ2v) is 13.2. The number of aryl methyl sites for hydroxylation is 1. The third-order valence-electron chi connectivity index (χ3n) is 9.62. The first-order chi connectivity index (χ1) is 26.1. The van der Waals surface area contributed by atoms with Gasteiger partial charge in [0, 0.05) is 79.8 Å². The van der Waals surface area contributed by atoms with Crippen LogP contribution in [-0.2, 0) is 0 Å². The smallest absolute Gasteiger partial charge is 0.175 e. The van der Waals surface area contributed by atoms with Gasteiger partial charge in [0.1, 0.15) is 17.7 Å². The maximum Gasteiger partial charge on any atom is 0.175 e. The van der Waals surface area contributed by atoms with E-state index in [0.29, 0.717) is 17.3 Å². The van der Waals surface area contributed by atoms with Crippen molar-refractivity contribution < 1.29 is 0 Å². The molecule has 2 fully saturated rings. The molecule has 2 saturated heterocycles. The third-order valence-corrected chi connectivity index (χ3v) is 9.62. The highest BCUT2D eigenvalue weighted by molar-refractivity contribution is 5.81. The minimum Gasteiger partial charge on any atom is -0.355 e. The summed E-state index contributed by atoms with van der Waals surface area (Å²) in [5, 5.41) is 19.9. The molecule has 0 unspecified atom stereocenters. The Labute approximate surface area is 304 Å². The number of pyridine rings is 2. The van der Waals surface area contributed by atoms with E-state index in [1.54, 1.807) is 35.7 Å². The number of rotatable bonds is 6. The Bertz CT molecular complexity index is 2610. The second-order valence-electron chi connectivity index (χ2n) is 13.2. The molecule has 10 rings (SSSR count). The number of aromatic nitrogens is 10. The molecule has 13 heteroatoms. The Morgan fingerprint density at radius 3 is 1.57 bits per heavy atom. The number of hydrogen-bond donors (Lipinski definition) is 0. The molecule has 6 aromatic heterocycles. The highest BCUT2D eigenvalue weighted by Crippen LogP contribution is 2.34. The fourth-order valence-corrected chi connectivity index (χ4v) is 6.78. The molecule has 2 aromatic carbocycles. The number of fused-ring (bicyclic) bond motifs is 2. The summed E-state index contributed by atoms with van der Waals surface area (Å²) in [5.74, 6) is 4.06. The van der Waals surface area contributed by atoms with Crippen molar-refractivity contribution in [2.24, 2.45) is 0 Å². The first-order valence-electron chi connectivity index (χ1n) is 17.4. The van der Waals surface area contributed by atoms with Crippen molar-refractivity contribution >= 4 is 33.4 Å². The highest BCUT2D eigenvalue weighted by atomic mass is 15.3. The Balaban J connectivity index is 0.000000141. The van der Waals surface area contributed by atoms with E-state index < -0.39 is 0 Å². The summed E-state index contributed by atoms with van der Waals surface area (Å²) in [5.41, 5.74) is 5.52. The van der Waals surface area contributed by atoms with Crippen LogP contribution in [0.1, 0.15) is 34.4 Å².